The van der Waals surface area contributed by atoms with Crippen molar-refractivity contribution in [3.05, 3.63) is 34.9 Å². The van der Waals surface area contributed by atoms with E-state index in [0.717, 1.165) is 22.6 Å². The van der Waals surface area contributed by atoms with Crippen molar-refractivity contribution in [2.75, 3.05) is 20.3 Å². The lowest BCUT2D eigenvalue weighted by molar-refractivity contribution is 0.213. The summed E-state index contributed by atoms with van der Waals surface area (Å²) >= 11 is 0. The Morgan fingerprint density at radius 1 is 1.27 bits per heavy atom. The maximum absolute atomic E-state index is 9.15. The van der Waals surface area contributed by atoms with Crippen LogP contribution in [-0.2, 0) is 11.2 Å². The van der Waals surface area contributed by atoms with E-state index in [-0.39, 0.29) is 17.4 Å². The summed E-state index contributed by atoms with van der Waals surface area (Å²) in [4.78, 5) is 0. The van der Waals surface area contributed by atoms with Gasteiger partial charge in [0.2, 0.25) is 0 Å². The molecule has 0 unspecified atom stereocenters. The Morgan fingerprint density at radius 2 is 1.95 bits per heavy atom. The van der Waals surface area contributed by atoms with Crippen LogP contribution in [-0.4, -0.2) is 25.4 Å². The normalized spacial score (nSPS) is 17.6. The SMILES string of the molecule is COc1cc(C2=C(C(C)(C)C)C(C)(C)CO2)ccc1CCO. The number of methoxy groups -OCH3 is 1. The smallest absolute Gasteiger partial charge is 0.127 e. The lowest BCUT2D eigenvalue weighted by atomic mass is 9.71. The number of hydrogen-bond donors (Lipinski definition) is 1. The molecule has 0 saturated carbocycles. The zero-order chi connectivity index (χ0) is 16.5. The van der Waals surface area contributed by atoms with E-state index in [4.69, 9.17) is 14.6 Å². The predicted molar refractivity (Wildman–Crippen MR) is 89.9 cm³/mol. The van der Waals surface area contributed by atoms with Crippen LogP contribution in [0.3, 0.4) is 0 Å². The van der Waals surface area contributed by atoms with Gasteiger partial charge in [0.1, 0.15) is 11.5 Å². The summed E-state index contributed by atoms with van der Waals surface area (Å²) in [6.07, 6.45) is 0.598. The van der Waals surface area contributed by atoms with Crippen molar-refractivity contribution in [2.24, 2.45) is 10.8 Å². The average molecular weight is 304 g/mol. The summed E-state index contributed by atoms with van der Waals surface area (Å²) in [5.41, 5.74) is 3.49. The highest BCUT2D eigenvalue weighted by atomic mass is 16.5. The molecule has 1 aromatic carbocycles. The van der Waals surface area contributed by atoms with Gasteiger partial charge in [-0.3, -0.25) is 0 Å². The van der Waals surface area contributed by atoms with E-state index >= 15 is 0 Å². The third kappa shape index (κ3) is 3.14. The first kappa shape index (κ1) is 16.9. The Hall–Kier alpha value is -1.48. The van der Waals surface area contributed by atoms with E-state index in [1.54, 1.807) is 7.11 Å². The maximum Gasteiger partial charge on any atom is 0.127 e. The van der Waals surface area contributed by atoms with Gasteiger partial charge in [0.15, 0.2) is 0 Å². The number of hydrogen-bond acceptors (Lipinski definition) is 3. The average Bonchev–Trinajstić information content (AvgIpc) is 2.75. The van der Waals surface area contributed by atoms with Gasteiger partial charge in [-0.05, 0) is 29.0 Å². The number of aliphatic hydroxyl groups is 1. The molecule has 3 nitrogen and oxygen atoms in total. The Bertz CT molecular complexity index is 577. The van der Waals surface area contributed by atoms with Gasteiger partial charge < -0.3 is 14.6 Å². The molecule has 0 atom stereocenters. The molecule has 1 aliphatic rings. The predicted octanol–water partition coefficient (Wildman–Crippen LogP) is 4.04. The molecule has 0 fully saturated rings. The Kier molecular flexibility index (Phi) is 4.57. The highest BCUT2D eigenvalue weighted by molar-refractivity contribution is 5.69. The molecule has 1 aliphatic heterocycles. The van der Waals surface area contributed by atoms with Crippen molar-refractivity contribution in [2.45, 2.75) is 41.0 Å². The lowest BCUT2D eigenvalue weighted by Crippen LogP contribution is -2.24. The van der Waals surface area contributed by atoms with E-state index in [0.29, 0.717) is 13.0 Å². The molecule has 1 N–H and O–H groups in total. The van der Waals surface area contributed by atoms with Gasteiger partial charge in [0.25, 0.3) is 0 Å². The van der Waals surface area contributed by atoms with Crippen LogP contribution in [0.4, 0.5) is 0 Å². The van der Waals surface area contributed by atoms with Gasteiger partial charge in [-0.2, -0.15) is 0 Å². The second-order valence-corrected chi connectivity index (χ2v) is 7.63. The van der Waals surface area contributed by atoms with Crippen molar-refractivity contribution in [3.8, 4) is 5.75 Å². The Morgan fingerprint density at radius 3 is 2.50 bits per heavy atom. The van der Waals surface area contributed by atoms with E-state index in [1.165, 1.54) is 5.57 Å². The molecule has 0 amide bonds. The number of aliphatic hydroxyl groups excluding tert-OH is 1. The Labute approximate surface area is 134 Å². The summed E-state index contributed by atoms with van der Waals surface area (Å²) in [7, 11) is 1.67. The second-order valence-electron chi connectivity index (χ2n) is 7.63. The minimum atomic E-state index is 0.0323. The van der Waals surface area contributed by atoms with Gasteiger partial charge >= 0.3 is 0 Å². The van der Waals surface area contributed by atoms with Crippen LogP contribution in [0.2, 0.25) is 0 Å². The number of ether oxygens (including phenoxy) is 2. The molecule has 22 heavy (non-hydrogen) atoms. The van der Waals surface area contributed by atoms with Gasteiger partial charge in [0, 0.05) is 17.6 Å². The summed E-state index contributed by atoms with van der Waals surface area (Å²) < 4.78 is 11.5. The molecule has 1 heterocycles. The van der Waals surface area contributed by atoms with Gasteiger partial charge in [-0.1, -0.05) is 46.8 Å². The summed E-state index contributed by atoms with van der Waals surface area (Å²) in [6, 6.07) is 6.11. The lowest BCUT2D eigenvalue weighted by Gasteiger charge is -2.30. The largest absolute Gasteiger partial charge is 0.496 e. The van der Waals surface area contributed by atoms with E-state index in [1.807, 2.05) is 12.1 Å². The van der Waals surface area contributed by atoms with E-state index in [9.17, 15) is 0 Å². The highest BCUT2D eigenvalue weighted by Gasteiger charge is 2.41. The van der Waals surface area contributed by atoms with Crippen LogP contribution >= 0.6 is 0 Å². The maximum atomic E-state index is 9.15. The van der Waals surface area contributed by atoms with Crippen LogP contribution < -0.4 is 4.74 Å². The summed E-state index contributed by atoms with van der Waals surface area (Å²) in [5, 5.41) is 9.15. The molecule has 3 heteroatoms. The quantitative estimate of drug-likeness (QED) is 0.912. The molecule has 0 spiro atoms. The molecule has 0 saturated heterocycles. The topological polar surface area (TPSA) is 38.7 Å². The van der Waals surface area contributed by atoms with Crippen LogP contribution in [0, 0.1) is 10.8 Å². The third-order valence-electron chi connectivity index (χ3n) is 4.16. The zero-order valence-electron chi connectivity index (χ0n) is 14.6. The van der Waals surface area contributed by atoms with Crippen molar-refractivity contribution in [3.63, 3.8) is 0 Å². The highest BCUT2D eigenvalue weighted by Crippen LogP contribution is 2.49. The van der Waals surface area contributed by atoms with Crippen LogP contribution in [0.25, 0.3) is 5.76 Å². The molecular weight excluding hydrogens is 276 g/mol. The Balaban J connectivity index is 2.54. The first-order chi connectivity index (χ1) is 10.2. The minimum Gasteiger partial charge on any atom is -0.496 e. The summed E-state index contributed by atoms with van der Waals surface area (Å²) in [6.45, 7) is 12.0. The fourth-order valence-corrected chi connectivity index (χ4v) is 3.50. The first-order valence-corrected chi connectivity index (χ1v) is 7.87. The fraction of sp³-hybridized carbons (Fsp3) is 0.579. The molecule has 0 radical (unpaired) electrons. The summed E-state index contributed by atoms with van der Waals surface area (Å²) in [5.74, 6) is 1.78. The molecule has 0 bridgehead atoms. The minimum absolute atomic E-state index is 0.0323. The van der Waals surface area contributed by atoms with E-state index in [2.05, 4.69) is 40.7 Å². The standard InChI is InChI=1S/C19H28O3/c1-18(2,3)17-16(22-12-19(17,4)5)14-8-7-13(9-10-20)15(11-14)21-6/h7-8,11,20H,9-10,12H2,1-6H3. The number of rotatable bonds is 4. The van der Waals surface area contributed by atoms with Crippen molar-refractivity contribution < 1.29 is 14.6 Å². The van der Waals surface area contributed by atoms with Crippen LogP contribution in [0.1, 0.15) is 45.7 Å². The molecule has 1 aromatic rings. The zero-order valence-corrected chi connectivity index (χ0v) is 14.6. The molecule has 0 aliphatic carbocycles. The third-order valence-corrected chi connectivity index (χ3v) is 4.16. The fourth-order valence-electron chi connectivity index (χ4n) is 3.50. The van der Waals surface area contributed by atoms with Crippen LogP contribution in [0.5, 0.6) is 5.75 Å². The van der Waals surface area contributed by atoms with Crippen molar-refractivity contribution in [1.29, 1.82) is 0 Å². The monoisotopic (exact) mass is 304 g/mol. The van der Waals surface area contributed by atoms with Gasteiger partial charge in [-0.25, -0.2) is 0 Å². The molecule has 2 rings (SSSR count). The van der Waals surface area contributed by atoms with Crippen molar-refractivity contribution in [1.82, 2.24) is 0 Å². The van der Waals surface area contributed by atoms with Crippen molar-refractivity contribution >= 4 is 5.76 Å². The van der Waals surface area contributed by atoms with E-state index < -0.39 is 0 Å². The van der Waals surface area contributed by atoms with Gasteiger partial charge in [-0.15, -0.1) is 0 Å². The number of benzene rings is 1. The van der Waals surface area contributed by atoms with Gasteiger partial charge in [0.05, 0.1) is 13.7 Å². The molecule has 122 valence electrons. The second kappa shape index (κ2) is 5.96. The molecule has 0 aromatic heterocycles. The van der Waals surface area contributed by atoms with Crippen LogP contribution in [0.15, 0.2) is 23.8 Å². The molecular formula is C19H28O3. The first-order valence-electron chi connectivity index (χ1n) is 7.87.